The minimum Gasteiger partial charge on any atom is -0.486 e. The molecule has 0 saturated heterocycles. The lowest BCUT2D eigenvalue weighted by atomic mass is 9.88. The molecule has 0 fully saturated rings. The number of carbonyl (C=O) groups is 2. The third-order valence-electron chi connectivity index (χ3n) is 3.35. The Hall–Kier alpha value is -1.53. The molecule has 1 aromatic carbocycles. The van der Waals surface area contributed by atoms with Crippen molar-refractivity contribution < 1.29 is 23.8 Å². The van der Waals surface area contributed by atoms with Gasteiger partial charge < -0.3 is 14.2 Å². The zero-order valence-electron chi connectivity index (χ0n) is 12.7. The van der Waals surface area contributed by atoms with Gasteiger partial charge in [-0.15, -0.1) is 0 Å². The fourth-order valence-electron chi connectivity index (χ4n) is 2.37. The van der Waals surface area contributed by atoms with E-state index in [9.17, 15) is 9.59 Å². The Labute approximate surface area is 147 Å². The molecular weight excluding hydrogens is 388 g/mol. The van der Waals surface area contributed by atoms with Gasteiger partial charge in [-0.3, -0.25) is 0 Å². The predicted molar refractivity (Wildman–Crippen MR) is 88.3 cm³/mol. The lowest BCUT2D eigenvalue weighted by Crippen LogP contribution is -2.35. The third kappa shape index (κ3) is 3.23. The van der Waals surface area contributed by atoms with Crippen LogP contribution in [0.4, 0.5) is 0 Å². The molecule has 0 saturated carbocycles. The van der Waals surface area contributed by atoms with Gasteiger partial charge in [-0.25, -0.2) is 9.59 Å². The van der Waals surface area contributed by atoms with Crippen molar-refractivity contribution in [1.29, 1.82) is 0 Å². The van der Waals surface area contributed by atoms with Crippen LogP contribution in [0.15, 0.2) is 35.6 Å². The first-order chi connectivity index (χ1) is 11.0. The van der Waals surface area contributed by atoms with E-state index in [4.69, 9.17) is 25.8 Å². The Morgan fingerprint density at radius 3 is 2.43 bits per heavy atom. The highest BCUT2D eigenvalue weighted by atomic mass is 79.9. The average Bonchev–Trinajstić information content (AvgIpc) is 2.82. The predicted octanol–water partition coefficient (Wildman–Crippen LogP) is 3.34. The van der Waals surface area contributed by atoms with Gasteiger partial charge in [0.15, 0.2) is 5.60 Å². The number of carbonyl (C=O) groups excluding carboxylic acids is 2. The van der Waals surface area contributed by atoms with Crippen LogP contribution in [0.3, 0.4) is 0 Å². The summed E-state index contributed by atoms with van der Waals surface area (Å²) in [6, 6.07) is 6.73. The Balaban J connectivity index is 2.62. The molecule has 7 heteroatoms. The van der Waals surface area contributed by atoms with Crippen LogP contribution in [0.1, 0.15) is 19.4 Å². The van der Waals surface area contributed by atoms with Crippen LogP contribution in [-0.2, 0) is 29.4 Å². The minimum absolute atomic E-state index is 0.0606. The summed E-state index contributed by atoms with van der Waals surface area (Å²) < 4.78 is 16.0. The Morgan fingerprint density at radius 1 is 1.26 bits per heavy atom. The highest BCUT2D eigenvalue weighted by molar-refractivity contribution is 9.09. The van der Waals surface area contributed by atoms with E-state index in [1.54, 1.807) is 38.1 Å². The van der Waals surface area contributed by atoms with Crippen molar-refractivity contribution >= 4 is 39.5 Å². The van der Waals surface area contributed by atoms with Gasteiger partial charge in [-0.1, -0.05) is 39.7 Å². The molecular formula is C16H16BrClO5. The largest absolute Gasteiger partial charge is 0.486 e. The van der Waals surface area contributed by atoms with E-state index < -0.39 is 17.5 Å². The van der Waals surface area contributed by atoms with Crippen LogP contribution in [0.25, 0.3) is 0 Å². The second-order valence-electron chi connectivity index (χ2n) is 4.71. The van der Waals surface area contributed by atoms with Gasteiger partial charge in [0.05, 0.1) is 18.5 Å². The van der Waals surface area contributed by atoms with Gasteiger partial charge >= 0.3 is 11.9 Å². The molecule has 0 bridgehead atoms. The molecule has 1 aromatic rings. The summed E-state index contributed by atoms with van der Waals surface area (Å²) in [7, 11) is 0. The second-order valence-corrected chi connectivity index (χ2v) is 5.71. The molecule has 1 heterocycles. The molecule has 124 valence electrons. The lowest BCUT2D eigenvalue weighted by Gasteiger charge is -2.28. The van der Waals surface area contributed by atoms with Gasteiger partial charge in [-0.2, -0.15) is 0 Å². The summed E-state index contributed by atoms with van der Waals surface area (Å²) in [4.78, 5) is 24.7. The zero-order chi connectivity index (χ0) is 17.0. The first-order valence-electron chi connectivity index (χ1n) is 7.10. The highest BCUT2D eigenvalue weighted by Crippen LogP contribution is 2.44. The Kier molecular flexibility index (Phi) is 5.70. The highest BCUT2D eigenvalue weighted by Gasteiger charge is 2.53. The summed E-state index contributed by atoms with van der Waals surface area (Å²) in [6.07, 6.45) is 0. The number of hydrogen-bond donors (Lipinski definition) is 0. The molecule has 0 N–H and O–H groups in total. The number of hydrogen-bond acceptors (Lipinski definition) is 5. The number of rotatable bonds is 6. The van der Waals surface area contributed by atoms with Crippen LogP contribution >= 0.6 is 27.5 Å². The SMILES string of the molecule is CCOC(=O)C1=C(OCC)C(=O)OC1(CBr)c1ccc(Cl)cc1. The fraction of sp³-hybridized carbons (Fsp3) is 0.375. The van der Waals surface area contributed by atoms with E-state index in [-0.39, 0.29) is 29.9 Å². The van der Waals surface area contributed by atoms with Crippen LogP contribution in [0.2, 0.25) is 5.02 Å². The van der Waals surface area contributed by atoms with Crippen LogP contribution < -0.4 is 0 Å². The lowest BCUT2D eigenvalue weighted by molar-refractivity contribution is -0.150. The van der Waals surface area contributed by atoms with Crippen LogP contribution in [0.5, 0.6) is 0 Å². The van der Waals surface area contributed by atoms with Gasteiger partial charge in [0.25, 0.3) is 0 Å². The summed E-state index contributed by atoms with van der Waals surface area (Å²) in [5, 5.41) is 0.715. The summed E-state index contributed by atoms with van der Waals surface area (Å²) in [5.41, 5.74) is -0.645. The quantitative estimate of drug-likeness (QED) is 0.538. The molecule has 5 nitrogen and oxygen atoms in total. The van der Waals surface area contributed by atoms with E-state index >= 15 is 0 Å². The molecule has 0 aromatic heterocycles. The summed E-state index contributed by atoms with van der Waals surface area (Å²) >= 11 is 9.26. The maximum atomic E-state index is 12.5. The second kappa shape index (κ2) is 7.36. The molecule has 2 rings (SSSR count). The summed E-state index contributed by atoms with van der Waals surface area (Å²) in [5.74, 6) is -1.44. The number of cyclic esters (lactones) is 1. The first-order valence-corrected chi connectivity index (χ1v) is 8.60. The van der Waals surface area contributed by atoms with Crippen molar-refractivity contribution in [3.05, 3.63) is 46.2 Å². The number of benzene rings is 1. The molecule has 0 radical (unpaired) electrons. The maximum Gasteiger partial charge on any atom is 0.375 e. The average molecular weight is 404 g/mol. The topological polar surface area (TPSA) is 61.8 Å². The van der Waals surface area contributed by atoms with Gasteiger partial charge in [-0.05, 0) is 26.0 Å². The van der Waals surface area contributed by atoms with E-state index in [1.807, 2.05) is 0 Å². The van der Waals surface area contributed by atoms with Gasteiger partial charge in [0, 0.05) is 10.6 Å². The monoisotopic (exact) mass is 402 g/mol. The van der Waals surface area contributed by atoms with Crippen molar-refractivity contribution in [2.45, 2.75) is 19.4 Å². The van der Waals surface area contributed by atoms with E-state index in [1.165, 1.54) is 0 Å². The fourth-order valence-corrected chi connectivity index (χ4v) is 3.22. The molecule has 23 heavy (non-hydrogen) atoms. The molecule has 0 aliphatic carbocycles. The normalized spacial score (nSPS) is 20.4. The molecule has 1 atom stereocenters. The van der Waals surface area contributed by atoms with Crippen molar-refractivity contribution in [3.63, 3.8) is 0 Å². The van der Waals surface area contributed by atoms with Crippen molar-refractivity contribution in [2.24, 2.45) is 0 Å². The van der Waals surface area contributed by atoms with Crippen LogP contribution in [0, 0.1) is 0 Å². The summed E-state index contributed by atoms with van der Waals surface area (Å²) in [6.45, 7) is 3.81. The zero-order valence-corrected chi connectivity index (χ0v) is 15.1. The maximum absolute atomic E-state index is 12.5. The molecule has 1 unspecified atom stereocenters. The molecule has 1 aliphatic rings. The number of halogens is 2. The van der Waals surface area contributed by atoms with Crippen molar-refractivity contribution in [3.8, 4) is 0 Å². The molecule has 0 amide bonds. The van der Waals surface area contributed by atoms with E-state index in [0.717, 1.165) is 0 Å². The number of esters is 2. The van der Waals surface area contributed by atoms with Crippen molar-refractivity contribution in [1.82, 2.24) is 0 Å². The number of alkyl halides is 1. The molecule has 0 spiro atoms. The Bertz CT molecular complexity index is 640. The van der Waals surface area contributed by atoms with Crippen LogP contribution in [-0.4, -0.2) is 30.5 Å². The van der Waals surface area contributed by atoms with E-state index in [0.29, 0.717) is 10.6 Å². The number of ether oxygens (including phenoxy) is 3. The molecule has 1 aliphatic heterocycles. The van der Waals surface area contributed by atoms with E-state index in [2.05, 4.69) is 15.9 Å². The smallest absolute Gasteiger partial charge is 0.375 e. The first kappa shape index (κ1) is 17.8. The Morgan fingerprint density at radius 2 is 1.91 bits per heavy atom. The minimum atomic E-state index is -1.31. The standard InChI is InChI=1S/C16H16BrClO5/c1-3-21-13-12(14(19)22-4-2)16(9-17,23-15(13)20)10-5-7-11(18)8-6-10/h5-8H,3-4,9H2,1-2H3. The van der Waals surface area contributed by atoms with Gasteiger partial charge in [0.2, 0.25) is 5.76 Å². The van der Waals surface area contributed by atoms with Gasteiger partial charge in [0.1, 0.15) is 5.57 Å². The van der Waals surface area contributed by atoms with Crippen molar-refractivity contribution in [2.75, 3.05) is 18.5 Å². The third-order valence-corrected chi connectivity index (χ3v) is 4.39.